The van der Waals surface area contributed by atoms with Gasteiger partial charge in [-0.05, 0) is 52.4 Å². The maximum absolute atomic E-state index is 4.71. The summed E-state index contributed by atoms with van der Waals surface area (Å²) in [7, 11) is 0. The molecule has 1 aliphatic heterocycles. The smallest absolute Gasteiger partial charge is 0.191 e. The molecule has 0 bridgehead atoms. The molecule has 1 aliphatic rings. The molecule has 2 N–H and O–H groups in total. The minimum absolute atomic E-state index is 0.572. The zero-order valence-corrected chi connectivity index (χ0v) is 14.8. The SMILES string of the molecule is CCNC(=NCCCC(C)C)NC1CCN(C(C)C)CC1. The van der Waals surface area contributed by atoms with Crippen LogP contribution in [0.25, 0.3) is 0 Å². The number of guanidine groups is 1. The second-order valence-electron chi connectivity index (χ2n) is 6.85. The van der Waals surface area contributed by atoms with Crippen molar-refractivity contribution in [1.29, 1.82) is 0 Å². The minimum Gasteiger partial charge on any atom is -0.357 e. The Bertz CT molecular complexity index is 291. The summed E-state index contributed by atoms with van der Waals surface area (Å²) in [6.45, 7) is 15.5. The first-order chi connectivity index (χ1) is 10.0. The van der Waals surface area contributed by atoms with Crippen molar-refractivity contribution in [3.05, 3.63) is 0 Å². The second kappa shape index (κ2) is 10.0. The lowest BCUT2D eigenvalue weighted by Gasteiger charge is -2.35. The zero-order valence-electron chi connectivity index (χ0n) is 14.8. The molecular formula is C17H36N4. The van der Waals surface area contributed by atoms with Gasteiger partial charge in [-0.1, -0.05) is 13.8 Å². The molecule has 0 radical (unpaired) electrons. The molecule has 0 aromatic rings. The number of hydrogen-bond acceptors (Lipinski definition) is 2. The van der Waals surface area contributed by atoms with Crippen LogP contribution in [-0.4, -0.2) is 49.1 Å². The van der Waals surface area contributed by atoms with Gasteiger partial charge in [-0.2, -0.15) is 0 Å². The third-order valence-corrected chi connectivity index (χ3v) is 4.15. The summed E-state index contributed by atoms with van der Waals surface area (Å²) in [5.41, 5.74) is 0. The molecule has 0 unspecified atom stereocenters. The predicted octanol–water partition coefficient (Wildman–Crippen LogP) is 2.85. The Morgan fingerprint density at radius 3 is 2.38 bits per heavy atom. The Morgan fingerprint density at radius 1 is 1.19 bits per heavy atom. The van der Waals surface area contributed by atoms with Gasteiger partial charge in [0, 0.05) is 38.3 Å². The lowest BCUT2D eigenvalue weighted by molar-refractivity contribution is 0.167. The molecule has 0 saturated carbocycles. The van der Waals surface area contributed by atoms with Crippen molar-refractivity contribution in [2.45, 2.75) is 72.4 Å². The van der Waals surface area contributed by atoms with E-state index in [1.54, 1.807) is 0 Å². The highest BCUT2D eigenvalue weighted by atomic mass is 15.2. The number of aliphatic imine (C=N–C) groups is 1. The van der Waals surface area contributed by atoms with Crippen molar-refractivity contribution < 1.29 is 0 Å². The van der Waals surface area contributed by atoms with E-state index in [9.17, 15) is 0 Å². The molecule has 1 rings (SSSR count). The molecule has 0 atom stereocenters. The van der Waals surface area contributed by atoms with Crippen molar-refractivity contribution in [2.24, 2.45) is 10.9 Å². The first-order valence-corrected chi connectivity index (χ1v) is 8.81. The first kappa shape index (κ1) is 18.3. The summed E-state index contributed by atoms with van der Waals surface area (Å²) in [6, 6.07) is 1.24. The van der Waals surface area contributed by atoms with Crippen molar-refractivity contribution in [1.82, 2.24) is 15.5 Å². The van der Waals surface area contributed by atoms with E-state index in [4.69, 9.17) is 4.99 Å². The van der Waals surface area contributed by atoms with E-state index in [0.29, 0.717) is 12.1 Å². The van der Waals surface area contributed by atoms with Crippen LogP contribution in [0.1, 0.15) is 60.3 Å². The number of rotatable bonds is 7. The molecule has 0 aromatic carbocycles. The van der Waals surface area contributed by atoms with Gasteiger partial charge in [0.1, 0.15) is 0 Å². The van der Waals surface area contributed by atoms with Crippen LogP contribution in [0.2, 0.25) is 0 Å². The van der Waals surface area contributed by atoms with Gasteiger partial charge in [0.05, 0.1) is 0 Å². The van der Waals surface area contributed by atoms with E-state index in [1.165, 1.54) is 38.8 Å². The number of hydrogen-bond donors (Lipinski definition) is 2. The summed E-state index contributed by atoms with van der Waals surface area (Å²) in [6.07, 6.45) is 4.87. The quantitative estimate of drug-likeness (QED) is 0.431. The van der Waals surface area contributed by atoms with Crippen LogP contribution in [0.3, 0.4) is 0 Å². The van der Waals surface area contributed by atoms with Crippen LogP contribution in [0.4, 0.5) is 0 Å². The maximum atomic E-state index is 4.71. The lowest BCUT2D eigenvalue weighted by Crippen LogP contribution is -2.49. The molecule has 21 heavy (non-hydrogen) atoms. The van der Waals surface area contributed by atoms with Crippen LogP contribution >= 0.6 is 0 Å². The fraction of sp³-hybridized carbons (Fsp3) is 0.941. The monoisotopic (exact) mass is 296 g/mol. The predicted molar refractivity (Wildman–Crippen MR) is 92.9 cm³/mol. The largest absolute Gasteiger partial charge is 0.357 e. The Morgan fingerprint density at radius 2 is 1.86 bits per heavy atom. The van der Waals surface area contributed by atoms with Gasteiger partial charge in [-0.25, -0.2) is 0 Å². The Hall–Kier alpha value is -0.770. The van der Waals surface area contributed by atoms with Gasteiger partial charge in [-0.3, -0.25) is 4.99 Å². The highest BCUT2D eigenvalue weighted by Crippen LogP contribution is 2.12. The van der Waals surface area contributed by atoms with Gasteiger partial charge in [0.25, 0.3) is 0 Å². The van der Waals surface area contributed by atoms with Gasteiger partial charge in [-0.15, -0.1) is 0 Å². The molecule has 4 nitrogen and oxygen atoms in total. The summed E-state index contributed by atoms with van der Waals surface area (Å²) < 4.78 is 0. The molecule has 124 valence electrons. The fourth-order valence-corrected chi connectivity index (χ4v) is 2.76. The van der Waals surface area contributed by atoms with Crippen molar-refractivity contribution in [3.63, 3.8) is 0 Å². The van der Waals surface area contributed by atoms with E-state index in [2.05, 4.69) is 50.2 Å². The molecule has 4 heteroatoms. The summed E-state index contributed by atoms with van der Waals surface area (Å²) >= 11 is 0. The molecule has 1 saturated heterocycles. The molecule has 0 amide bonds. The summed E-state index contributed by atoms with van der Waals surface area (Å²) in [5.74, 6) is 1.78. The lowest BCUT2D eigenvalue weighted by atomic mass is 10.0. The summed E-state index contributed by atoms with van der Waals surface area (Å²) in [5, 5.41) is 6.99. The summed E-state index contributed by atoms with van der Waals surface area (Å²) in [4.78, 5) is 7.27. The van der Waals surface area contributed by atoms with Crippen molar-refractivity contribution >= 4 is 5.96 Å². The van der Waals surface area contributed by atoms with Crippen LogP contribution in [0, 0.1) is 5.92 Å². The van der Waals surface area contributed by atoms with Gasteiger partial charge >= 0.3 is 0 Å². The molecular weight excluding hydrogens is 260 g/mol. The Kier molecular flexibility index (Phi) is 8.74. The second-order valence-corrected chi connectivity index (χ2v) is 6.85. The number of nitrogens with one attached hydrogen (secondary N) is 2. The topological polar surface area (TPSA) is 39.7 Å². The molecule has 1 heterocycles. The van der Waals surface area contributed by atoms with Gasteiger partial charge in [0.15, 0.2) is 5.96 Å². The van der Waals surface area contributed by atoms with E-state index in [1.807, 2.05) is 0 Å². The normalized spacial score (nSPS) is 18.5. The number of likely N-dealkylation sites (tertiary alicyclic amines) is 1. The van der Waals surface area contributed by atoms with Crippen LogP contribution in [0.5, 0.6) is 0 Å². The van der Waals surface area contributed by atoms with E-state index in [0.717, 1.165) is 25.0 Å². The van der Waals surface area contributed by atoms with Gasteiger partial charge in [0.2, 0.25) is 0 Å². The molecule has 1 fully saturated rings. The molecule has 0 spiro atoms. The highest BCUT2D eigenvalue weighted by molar-refractivity contribution is 5.80. The number of piperidine rings is 1. The third-order valence-electron chi connectivity index (χ3n) is 4.15. The minimum atomic E-state index is 0.572. The Labute approximate surface area is 131 Å². The van der Waals surface area contributed by atoms with E-state index < -0.39 is 0 Å². The first-order valence-electron chi connectivity index (χ1n) is 8.81. The van der Waals surface area contributed by atoms with E-state index in [-0.39, 0.29) is 0 Å². The molecule has 0 aliphatic carbocycles. The maximum Gasteiger partial charge on any atom is 0.191 e. The van der Waals surface area contributed by atoms with Crippen molar-refractivity contribution in [3.8, 4) is 0 Å². The number of nitrogens with zero attached hydrogens (tertiary/aromatic N) is 2. The zero-order chi connectivity index (χ0) is 15.7. The average molecular weight is 297 g/mol. The Balaban J connectivity index is 2.35. The van der Waals surface area contributed by atoms with Crippen molar-refractivity contribution in [2.75, 3.05) is 26.2 Å². The molecule has 0 aromatic heterocycles. The van der Waals surface area contributed by atoms with E-state index >= 15 is 0 Å². The third kappa shape index (κ3) is 7.70. The van der Waals surface area contributed by atoms with Crippen LogP contribution in [0.15, 0.2) is 4.99 Å². The van der Waals surface area contributed by atoms with Crippen LogP contribution < -0.4 is 10.6 Å². The fourth-order valence-electron chi connectivity index (χ4n) is 2.76. The average Bonchev–Trinajstić information content (AvgIpc) is 2.44. The van der Waals surface area contributed by atoms with Crippen LogP contribution in [-0.2, 0) is 0 Å². The standard InChI is InChI=1S/C17H36N4/c1-6-18-17(19-11-7-8-14(2)3)20-16-9-12-21(13-10-16)15(4)5/h14-16H,6-13H2,1-5H3,(H2,18,19,20). The highest BCUT2D eigenvalue weighted by Gasteiger charge is 2.21. The van der Waals surface area contributed by atoms with Gasteiger partial charge < -0.3 is 15.5 Å².